The minimum absolute atomic E-state index is 0.190. The molecule has 1 saturated heterocycles. The Morgan fingerprint density at radius 3 is 2.56 bits per heavy atom. The van der Waals surface area contributed by atoms with Crippen LogP contribution in [-0.2, 0) is 0 Å². The topological polar surface area (TPSA) is 15.3 Å². The highest BCUT2D eigenvalue weighted by Crippen LogP contribution is 2.32. The van der Waals surface area contributed by atoms with Gasteiger partial charge in [-0.3, -0.25) is 0 Å². The molecule has 2 fully saturated rings. The summed E-state index contributed by atoms with van der Waals surface area (Å²) in [6, 6.07) is 0.642. The zero-order chi connectivity index (χ0) is 11.6. The number of hydrogen-bond acceptors (Lipinski definition) is 2. The maximum atomic E-state index is 12.5. The summed E-state index contributed by atoms with van der Waals surface area (Å²) in [6.45, 7) is 2.59. The zero-order valence-corrected chi connectivity index (χ0v) is 9.39. The molecule has 0 bridgehead atoms. The SMILES string of the molecule is FC(F)(F)C1CCCN(CCNC2CC2)C1. The maximum absolute atomic E-state index is 12.5. The molecule has 16 heavy (non-hydrogen) atoms. The van der Waals surface area contributed by atoms with Gasteiger partial charge in [0.05, 0.1) is 5.92 Å². The Kier molecular flexibility index (Phi) is 3.74. The number of nitrogens with one attached hydrogen (secondary N) is 1. The Hall–Kier alpha value is -0.290. The molecule has 1 N–H and O–H groups in total. The fourth-order valence-corrected chi connectivity index (χ4v) is 2.24. The molecule has 1 heterocycles. The average molecular weight is 236 g/mol. The number of halogens is 3. The summed E-state index contributed by atoms with van der Waals surface area (Å²) in [5.74, 6) is -1.11. The van der Waals surface area contributed by atoms with Crippen LogP contribution in [0.4, 0.5) is 13.2 Å². The molecular formula is C11H19F3N2. The smallest absolute Gasteiger partial charge is 0.313 e. The average Bonchev–Trinajstić information content (AvgIpc) is 3.01. The molecule has 94 valence electrons. The van der Waals surface area contributed by atoms with Crippen LogP contribution < -0.4 is 5.32 Å². The van der Waals surface area contributed by atoms with Crippen molar-refractivity contribution < 1.29 is 13.2 Å². The quantitative estimate of drug-likeness (QED) is 0.803. The molecule has 1 aliphatic carbocycles. The van der Waals surface area contributed by atoms with Crippen molar-refractivity contribution in [2.75, 3.05) is 26.2 Å². The molecule has 0 spiro atoms. The molecular weight excluding hydrogens is 217 g/mol. The lowest BCUT2D eigenvalue weighted by Crippen LogP contribution is -2.44. The normalized spacial score (nSPS) is 28.3. The first-order chi connectivity index (χ1) is 7.55. The molecule has 5 heteroatoms. The first kappa shape index (κ1) is 12.2. The second kappa shape index (κ2) is 4.92. The summed E-state index contributed by atoms with van der Waals surface area (Å²) in [5, 5.41) is 3.33. The first-order valence-corrected chi connectivity index (χ1v) is 6.08. The van der Waals surface area contributed by atoms with Gasteiger partial charge < -0.3 is 10.2 Å². The van der Waals surface area contributed by atoms with E-state index in [-0.39, 0.29) is 6.54 Å². The van der Waals surface area contributed by atoms with Gasteiger partial charge in [0.15, 0.2) is 0 Å². The van der Waals surface area contributed by atoms with E-state index in [9.17, 15) is 13.2 Å². The maximum Gasteiger partial charge on any atom is 0.393 e. The highest BCUT2D eigenvalue weighted by Gasteiger charge is 2.41. The van der Waals surface area contributed by atoms with Crippen LogP contribution in [0.15, 0.2) is 0 Å². The molecule has 1 saturated carbocycles. The van der Waals surface area contributed by atoms with E-state index in [0.717, 1.165) is 19.6 Å². The Morgan fingerprint density at radius 2 is 1.94 bits per heavy atom. The Balaban J connectivity index is 1.68. The summed E-state index contributed by atoms with van der Waals surface area (Å²) in [4.78, 5) is 1.94. The molecule has 2 aliphatic rings. The van der Waals surface area contributed by atoms with Crippen LogP contribution in [0.5, 0.6) is 0 Å². The third kappa shape index (κ3) is 3.63. The lowest BCUT2D eigenvalue weighted by atomic mass is 9.97. The Bertz CT molecular complexity index is 226. The van der Waals surface area contributed by atoms with E-state index in [4.69, 9.17) is 0 Å². The molecule has 0 aromatic heterocycles. The van der Waals surface area contributed by atoms with Crippen molar-refractivity contribution in [1.29, 1.82) is 0 Å². The number of nitrogens with zero attached hydrogens (tertiary/aromatic N) is 1. The molecule has 0 aromatic rings. The van der Waals surface area contributed by atoms with Gasteiger partial charge in [0.25, 0.3) is 0 Å². The molecule has 2 nitrogen and oxygen atoms in total. The lowest BCUT2D eigenvalue weighted by molar-refractivity contribution is -0.186. The van der Waals surface area contributed by atoms with Crippen LogP contribution >= 0.6 is 0 Å². The predicted octanol–water partition coefficient (Wildman–Crippen LogP) is 2.01. The summed E-state index contributed by atoms with van der Waals surface area (Å²) in [7, 11) is 0. The minimum Gasteiger partial charge on any atom is -0.313 e. The monoisotopic (exact) mass is 236 g/mol. The molecule has 0 aromatic carbocycles. The van der Waals surface area contributed by atoms with Gasteiger partial charge in [0.1, 0.15) is 0 Å². The van der Waals surface area contributed by atoms with Crippen molar-refractivity contribution in [3.05, 3.63) is 0 Å². The van der Waals surface area contributed by atoms with Crippen molar-refractivity contribution in [2.45, 2.75) is 37.9 Å². The third-order valence-corrected chi connectivity index (χ3v) is 3.41. The van der Waals surface area contributed by atoms with Crippen LogP contribution in [0.25, 0.3) is 0 Å². The molecule has 0 amide bonds. The largest absolute Gasteiger partial charge is 0.393 e. The highest BCUT2D eigenvalue weighted by molar-refractivity contribution is 4.82. The zero-order valence-electron chi connectivity index (χ0n) is 9.39. The van der Waals surface area contributed by atoms with Gasteiger partial charge in [0, 0.05) is 25.7 Å². The lowest BCUT2D eigenvalue weighted by Gasteiger charge is -2.33. The minimum atomic E-state index is -4.01. The second-order valence-electron chi connectivity index (χ2n) is 4.91. The van der Waals surface area contributed by atoms with Crippen LogP contribution in [0.3, 0.4) is 0 Å². The van der Waals surface area contributed by atoms with E-state index < -0.39 is 12.1 Å². The fraction of sp³-hybridized carbons (Fsp3) is 1.00. The van der Waals surface area contributed by atoms with Crippen molar-refractivity contribution in [2.24, 2.45) is 5.92 Å². The van der Waals surface area contributed by atoms with Gasteiger partial charge in [-0.1, -0.05) is 0 Å². The Labute approximate surface area is 94.2 Å². The number of piperidine rings is 1. The van der Waals surface area contributed by atoms with Crippen molar-refractivity contribution in [1.82, 2.24) is 10.2 Å². The van der Waals surface area contributed by atoms with Gasteiger partial charge in [-0.25, -0.2) is 0 Å². The van der Waals surface area contributed by atoms with Crippen LogP contribution in [0.2, 0.25) is 0 Å². The number of rotatable bonds is 4. The number of likely N-dealkylation sites (tertiary alicyclic amines) is 1. The van der Waals surface area contributed by atoms with Gasteiger partial charge in [-0.2, -0.15) is 13.2 Å². The molecule has 1 unspecified atom stereocenters. The first-order valence-electron chi connectivity index (χ1n) is 6.08. The standard InChI is InChI=1S/C11H19F3N2/c12-11(13,14)9-2-1-6-16(8-9)7-5-15-10-3-4-10/h9-10,15H,1-8H2. The van der Waals surface area contributed by atoms with Crippen molar-refractivity contribution in [3.63, 3.8) is 0 Å². The van der Waals surface area contributed by atoms with E-state index in [1.165, 1.54) is 12.8 Å². The molecule has 2 rings (SSSR count). The summed E-state index contributed by atoms with van der Waals surface area (Å²) in [6.07, 6.45) is -0.581. The van der Waals surface area contributed by atoms with E-state index >= 15 is 0 Å². The van der Waals surface area contributed by atoms with Gasteiger partial charge in [0.2, 0.25) is 0 Å². The predicted molar refractivity (Wildman–Crippen MR) is 56.2 cm³/mol. The van der Waals surface area contributed by atoms with Gasteiger partial charge >= 0.3 is 6.18 Å². The fourth-order valence-electron chi connectivity index (χ4n) is 2.24. The summed E-state index contributed by atoms with van der Waals surface area (Å²) < 4.78 is 37.6. The van der Waals surface area contributed by atoms with Gasteiger partial charge in [-0.15, -0.1) is 0 Å². The van der Waals surface area contributed by atoms with E-state index in [2.05, 4.69) is 5.32 Å². The van der Waals surface area contributed by atoms with E-state index in [1.807, 2.05) is 4.90 Å². The highest BCUT2D eigenvalue weighted by atomic mass is 19.4. The summed E-state index contributed by atoms with van der Waals surface area (Å²) >= 11 is 0. The van der Waals surface area contributed by atoms with Crippen molar-refractivity contribution >= 4 is 0 Å². The number of hydrogen-bond donors (Lipinski definition) is 1. The second-order valence-corrected chi connectivity index (χ2v) is 4.91. The van der Waals surface area contributed by atoms with Gasteiger partial charge in [-0.05, 0) is 32.2 Å². The van der Waals surface area contributed by atoms with Crippen LogP contribution in [0.1, 0.15) is 25.7 Å². The number of alkyl halides is 3. The van der Waals surface area contributed by atoms with Crippen LogP contribution in [-0.4, -0.2) is 43.3 Å². The van der Waals surface area contributed by atoms with E-state index in [0.29, 0.717) is 18.9 Å². The molecule has 0 radical (unpaired) electrons. The summed E-state index contributed by atoms with van der Waals surface area (Å²) in [5.41, 5.74) is 0. The third-order valence-electron chi connectivity index (χ3n) is 3.41. The molecule has 1 aliphatic heterocycles. The Morgan fingerprint density at radius 1 is 1.19 bits per heavy atom. The van der Waals surface area contributed by atoms with Crippen molar-refractivity contribution in [3.8, 4) is 0 Å². The van der Waals surface area contributed by atoms with E-state index in [1.54, 1.807) is 0 Å². The van der Waals surface area contributed by atoms with Crippen LogP contribution in [0, 0.1) is 5.92 Å². The molecule has 1 atom stereocenters.